The molecule has 0 aromatic rings. The van der Waals surface area contributed by atoms with E-state index in [-0.39, 0.29) is 5.91 Å². The Hall–Kier alpha value is -0.570. The fourth-order valence-electron chi connectivity index (χ4n) is 1.19. The van der Waals surface area contributed by atoms with Crippen molar-refractivity contribution in [3.8, 4) is 0 Å². The van der Waals surface area contributed by atoms with Crippen molar-refractivity contribution >= 4 is 5.91 Å². The van der Waals surface area contributed by atoms with Gasteiger partial charge in [0, 0.05) is 12.6 Å². The summed E-state index contributed by atoms with van der Waals surface area (Å²) in [7, 11) is 0. The molecule has 0 bridgehead atoms. The zero-order chi connectivity index (χ0) is 9.52. The van der Waals surface area contributed by atoms with Crippen LogP contribution in [0.25, 0.3) is 0 Å². The molecule has 0 atom stereocenters. The molecule has 0 saturated heterocycles. The summed E-state index contributed by atoms with van der Waals surface area (Å²) in [6.45, 7) is 3.49. The van der Waals surface area contributed by atoms with Crippen LogP contribution in [0.5, 0.6) is 0 Å². The lowest BCUT2D eigenvalue weighted by Gasteiger charge is -2.04. The van der Waals surface area contributed by atoms with E-state index in [1.165, 1.54) is 25.7 Å². The molecule has 0 unspecified atom stereocenters. The van der Waals surface area contributed by atoms with Crippen LogP contribution < -0.4 is 10.6 Å². The van der Waals surface area contributed by atoms with E-state index in [9.17, 15) is 4.79 Å². The summed E-state index contributed by atoms with van der Waals surface area (Å²) in [5, 5.41) is 6.08. The van der Waals surface area contributed by atoms with Gasteiger partial charge in [-0.15, -0.1) is 0 Å². The Morgan fingerprint density at radius 2 is 2.15 bits per heavy atom. The van der Waals surface area contributed by atoms with Gasteiger partial charge in [0.25, 0.3) is 0 Å². The Morgan fingerprint density at radius 1 is 1.38 bits per heavy atom. The van der Waals surface area contributed by atoms with Crippen molar-refractivity contribution < 1.29 is 4.79 Å². The largest absolute Gasteiger partial charge is 0.355 e. The number of unbranched alkanes of at least 4 members (excludes halogenated alkanes) is 2. The summed E-state index contributed by atoms with van der Waals surface area (Å²) in [6.07, 6.45) is 5.99. The molecule has 13 heavy (non-hydrogen) atoms. The first kappa shape index (κ1) is 10.5. The van der Waals surface area contributed by atoms with E-state index in [0.717, 1.165) is 13.0 Å². The van der Waals surface area contributed by atoms with Crippen LogP contribution in [-0.2, 0) is 4.79 Å². The van der Waals surface area contributed by atoms with E-state index in [1.54, 1.807) is 0 Å². The van der Waals surface area contributed by atoms with Crippen LogP contribution in [0.2, 0.25) is 0 Å². The molecule has 0 radical (unpaired) electrons. The van der Waals surface area contributed by atoms with Crippen LogP contribution in [0.1, 0.15) is 39.0 Å². The highest BCUT2D eigenvalue weighted by Gasteiger charge is 2.20. The summed E-state index contributed by atoms with van der Waals surface area (Å²) >= 11 is 0. The van der Waals surface area contributed by atoms with Gasteiger partial charge in [-0.2, -0.15) is 0 Å². The first-order valence-electron chi connectivity index (χ1n) is 5.33. The van der Waals surface area contributed by atoms with E-state index in [1.807, 2.05) is 0 Å². The second kappa shape index (κ2) is 5.97. The summed E-state index contributed by atoms with van der Waals surface area (Å²) in [5.74, 6) is 0.142. The lowest BCUT2D eigenvalue weighted by atomic mass is 10.2. The maximum atomic E-state index is 11.2. The number of hydrogen-bond donors (Lipinski definition) is 2. The molecule has 1 fully saturated rings. The van der Waals surface area contributed by atoms with E-state index >= 15 is 0 Å². The molecule has 0 aromatic heterocycles. The second-order valence-electron chi connectivity index (χ2n) is 3.71. The van der Waals surface area contributed by atoms with E-state index < -0.39 is 0 Å². The van der Waals surface area contributed by atoms with Crippen molar-refractivity contribution in [1.82, 2.24) is 10.6 Å². The molecule has 0 spiro atoms. The summed E-state index contributed by atoms with van der Waals surface area (Å²) in [5.41, 5.74) is 0. The molecule has 1 rings (SSSR count). The van der Waals surface area contributed by atoms with Gasteiger partial charge in [-0.05, 0) is 19.3 Å². The second-order valence-corrected chi connectivity index (χ2v) is 3.71. The van der Waals surface area contributed by atoms with Gasteiger partial charge in [-0.25, -0.2) is 0 Å². The van der Waals surface area contributed by atoms with Gasteiger partial charge in [0.15, 0.2) is 0 Å². The van der Waals surface area contributed by atoms with Crippen LogP contribution in [0.4, 0.5) is 0 Å². The fourth-order valence-corrected chi connectivity index (χ4v) is 1.19. The molecule has 76 valence electrons. The average molecular weight is 184 g/mol. The Bertz CT molecular complexity index is 155. The number of amides is 1. The lowest BCUT2D eigenvalue weighted by molar-refractivity contribution is -0.120. The molecule has 0 aromatic carbocycles. The Kier molecular flexibility index (Phi) is 4.83. The quantitative estimate of drug-likeness (QED) is 0.581. The van der Waals surface area contributed by atoms with Crippen molar-refractivity contribution in [2.45, 2.75) is 45.1 Å². The first-order valence-corrected chi connectivity index (χ1v) is 5.33. The SMILES string of the molecule is CCCCCNC(=O)CNC1CC1. The summed E-state index contributed by atoms with van der Waals surface area (Å²) in [4.78, 5) is 11.2. The maximum Gasteiger partial charge on any atom is 0.233 e. The van der Waals surface area contributed by atoms with Gasteiger partial charge >= 0.3 is 0 Å². The number of carbonyl (C=O) groups excluding carboxylic acids is 1. The number of nitrogens with one attached hydrogen (secondary N) is 2. The first-order chi connectivity index (χ1) is 6.33. The van der Waals surface area contributed by atoms with E-state index in [2.05, 4.69) is 17.6 Å². The van der Waals surface area contributed by atoms with E-state index in [4.69, 9.17) is 0 Å². The number of rotatable bonds is 7. The van der Waals surface area contributed by atoms with Crippen molar-refractivity contribution in [1.29, 1.82) is 0 Å². The molecular formula is C10H20N2O. The third-order valence-corrected chi connectivity index (χ3v) is 2.23. The van der Waals surface area contributed by atoms with E-state index in [0.29, 0.717) is 12.6 Å². The highest BCUT2D eigenvalue weighted by molar-refractivity contribution is 5.77. The van der Waals surface area contributed by atoms with Gasteiger partial charge < -0.3 is 10.6 Å². The summed E-state index contributed by atoms with van der Waals surface area (Å²) in [6, 6.07) is 0.626. The predicted octanol–water partition coefficient (Wildman–Crippen LogP) is 1.04. The minimum absolute atomic E-state index is 0.142. The topological polar surface area (TPSA) is 41.1 Å². The Labute approximate surface area is 80.3 Å². The van der Waals surface area contributed by atoms with Gasteiger partial charge in [0.2, 0.25) is 5.91 Å². The van der Waals surface area contributed by atoms with Gasteiger partial charge in [-0.3, -0.25) is 4.79 Å². The van der Waals surface area contributed by atoms with Gasteiger partial charge in [-0.1, -0.05) is 19.8 Å². The monoisotopic (exact) mass is 184 g/mol. The normalized spacial score (nSPS) is 15.8. The van der Waals surface area contributed by atoms with Crippen LogP contribution in [0, 0.1) is 0 Å². The number of hydrogen-bond acceptors (Lipinski definition) is 2. The Morgan fingerprint density at radius 3 is 2.77 bits per heavy atom. The molecule has 1 saturated carbocycles. The van der Waals surface area contributed by atoms with Gasteiger partial charge in [0.1, 0.15) is 0 Å². The van der Waals surface area contributed by atoms with Crippen molar-refractivity contribution in [3.63, 3.8) is 0 Å². The Balaban J connectivity index is 1.84. The van der Waals surface area contributed by atoms with Crippen molar-refractivity contribution in [2.75, 3.05) is 13.1 Å². The highest BCUT2D eigenvalue weighted by atomic mass is 16.1. The van der Waals surface area contributed by atoms with Crippen LogP contribution >= 0.6 is 0 Å². The molecule has 3 nitrogen and oxygen atoms in total. The molecule has 3 heteroatoms. The molecule has 1 aliphatic rings. The minimum atomic E-state index is 0.142. The minimum Gasteiger partial charge on any atom is -0.355 e. The molecule has 2 N–H and O–H groups in total. The van der Waals surface area contributed by atoms with Crippen molar-refractivity contribution in [3.05, 3.63) is 0 Å². The smallest absolute Gasteiger partial charge is 0.233 e. The van der Waals surface area contributed by atoms with Crippen molar-refractivity contribution in [2.24, 2.45) is 0 Å². The third-order valence-electron chi connectivity index (χ3n) is 2.23. The molecule has 1 amide bonds. The average Bonchev–Trinajstić information content (AvgIpc) is 2.92. The maximum absolute atomic E-state index is 11.2. The zero-order valence-corrected chi connectivity index (χ0v) is 8.44. The van der Waals surface area contributed by atoms with Crippen LogP contribution in [-0.4, -0.2) is 25.0 Å². The molecule has 1 aliphatic carbocycles. The zero-order valence-electron chi connectivity index (χ0n) is 8.44. The third kappa shape index (κ3) is 5.64. The lowest BCUT2D eigenvalue weighted by Crippen LogP contribution is -2.35. The fraction of sp³-hybridized carbons (Fsp3) is 0.900. The summed E-state index contributed by atoms with van der Waals surface area (Å²) < 4.78 is 0. The highest BCUT2D eigenvalue weighted by Crippen LogP contribution is 2.17. The predicted molar refractivity (Wildman–Crippen MR) is 53.6 cm³/mol. The molecule has 0 aliphatic heterocycles. The number of carbonyl (C=O) groups is 1. The standard InChI is InChI=1S/C10H20N2O/c1-2-3-4-7-11-10(13)8-12-9-5-6-9/h9,12H,2-8H2,1H3,(H,11,13). The molecule has 0 heterocycles. The van der Waals surface area contributed by atoms with Crippen LogP contribution in [0.3, 0.4) is 0 Å². The van der Waals surface area contributed by atoms with Gasteiger partial charge in [0.05, 0.1) is 6.54 Å². The van der Waals surface area contributed by atoms with Crippen LogP contribution in [0.15, 0.2) is 0 Å². The molecular weight excluding hydrogens is 164 g/mol.